The zero-order valence-corrected chi connectivity index (χ0v) is 14.4. The first-order valence-electron chi connectivity index (χ1n) is 6.36. The summed E-state index contributed by atoms with van der Waals surface area (Å²) in [4.78, 5) is 11.9. The molecule has 1 atom stereocenters. The minimum atomic E-state index is -3.63. The molecule has 0 aromatic heterocycles. The molecule has 0 heterocycles. The summed E-state index contributed by atoms with van der Waals surface area (Å²) in [5.74, 6) is -0.383. The van der Waals surface area contributed by atoms with Gasteiger partial charge in [0.2, 0.25) is 15.9 Å². The molecule has 0 aliphatic carbocycles. The van der Waals surface area contributed by atoms with Crippen LogP contribution in [-0.2, 0) is 14.8 Å². The Labute approximate surface area is 135 Å². The molecule has 8 heteroatoms. The third-order valence-electron chi connectivity index (χ3n) is 2.84. The molecule has 0 radical (unpaired) electrons. The Morgan fingerprint density at radius 2 is 1.81 bits per heavy atom. The van der Waals surface area contributed by atoms with Gasteiger partial charge in [0.1, 0.15) is 6.54 Å². The van der Waals surface area contributed by atoms with Crippen molar-refractivity contribution in [2.45, 2.75) is 26.3 Å². The lowest BCUT2D eigenvalue weighted by Crippen LogP contribution is -2.43. The fourth-order valence-electron chi connectivity index (χ4n) is 1.64. The van der Waals surface area contributed by atoms with Crippen LogP contribution in [0.5, 0.6) is 0 Å². The molecule has 1 aromatic carbocycles. The summed E-state index contributed by atoms with van der Waals surface area (Å²) in [5.41, 5.74) is 0.259. The number of hydrogen-bond acceptors (Lipinski definition) is 3. The molecular weight excluding hydrogens is 335 g/mol. The van der Waals surface area contributed by atoms with E-state index in [4.69, 9.17) is 23.2 Å². The van der Waals surface area contributed by atoms with E-state index in [1.807, 2.05) is 13.8 Å². The molecule has 1 rings (SSSR count). The maximum atomic E-state index is 11.9. The van der Waals surface area contributed by atoms with Crippen LogP contribution >= 0.6 is 23.2 Å². The van der Waals surface area contributed by atoms with E-state index in [1.54, 1.807) is 0 Å². The van der Waals surface area contributed by atoms with E-state index in [2.05, 4.69) is 5.32 Å². The number of carbonyl (C=O) groups is 1. The molecule has 0 unspecified atom stereocenters. The van der Waals surface area contributed by atoms with Crippen LogP contribution in [-0.4, -0.2) is 33.2 Å². The van der Waals surface area contributed by atoms with Crippen LogP contribution in [0.2, 0.25) is 10.0 Å². The van der Waals surface area contributed by atoms with Crippen molar-refractivity contribution in [3.05, 3.63) is 28.2 Å². The number of nitrogens with zero attached hydrogens (tertiary/aromatic N) is 1. The zero-order valence-electron chi connectivity index (χ0n) is 12.1. The second kappa shape index (κ2) is 7.33. The Balaban J connectivity index is 3.05. The van der Waals surface area contributed by atoms with Gasteiger partial charge < -0.3 is 5.32 Å². The van der Waals surface area contributed by atoms with E-state index in [0.29, 0.717) is 10.0 Å². The molecule has 0 bridgehead atoms. The van der Waals surface area contributed by atoms with Gasteiger partial charge in [0.25, 0.3) is 0 Å². The second-order valence-electron chi connectivity index (χ2n) is 4.77. The molecule has 5 nitrogen and oxygen atoms in total. The molecule has 0 fully saturated rings. The minimum Gasteiger partial charge on any atom is -0.352 e. The third kappa shape index (κ3) is 5.73. The largest absolute Gasteiger partial charge is 0.352 e. The summed E-state index contributed by atoms with van der Waals surface area (Å²) < 4.78 is 24.8. The SMILES string of the molecule is CC[C@@H](C)NC(=O)CN(c1cc(Cl)cc(Cl)c1)S(C)(=O)=O. The number of anilines is 1. The number of halogens is 2. The fourth-order valence-corrected chi connectivity index (χ4v) is 2.99. The normalized spacial score (nSPS) is 12.8. The zero-order chi connectivity index (χ0) is 16.2. The summed E-state index contributed by atoms with van der Waals surface area (Å²) >= 11 is 11.8. The van der Waals surface area contributed by atoms with Crippen LogP contribution < -0.4 is 9.62 Å². The lowest BCUT2D eigenvalue weighted by atomic mass is 10.2. The molecule has 1 N–H and O–H groups in total. The van der Waals surface area contributed by atoms with Crippen LogP contribution in [0, 0.1) is 0 Å². The van der Waals surface area contributed by atoms with Crippen molar-refractivity contribution in [3.63, 3.8) is 0 Å². The van der Waals surface area contributed by atoms with Gasteiger partial charge in [-0.3, -0.25) is 9.10 Å². The van der Waals surface area contributed by atoms with Gasteiger partial charge in [0, 0.05) is 16.1 Å². The predicted molar refractivity (Wildman–Crippen MR) is 86.5 cm³/mol. The van der Waals surface area contributed by atoms with Gasteiger partial charge in [-0.25, -0.2) is 8.42 Å². The van der Waals surface area contributed by atoms with Gasteiger partial charge in [-0.05, 0) is 31.5 Å². The smallest absolute Gasteiger partial charge is 0.240 e. The Kier molecular flexibility index (Phi) is 6.31. The highest BCUT2D eigenvalue weighted by molar-refractivity contribution is 7.92. The van der Waals surface area contributed by atoms with E-state index in [1.165, 1.54) is 18.2 Å². The summed E-state index contributed by atoms with van der Waals surface area (Å²) in [5, 5.41) is 3.32. The number of amides is 1. The highest BCUT2D eigenvalue weighted by atomic mass is 35.5. The maximum Gasteiger partial charge on any atom is 0.240 e. The number of hydrogen-bond donors (Lipinski definition) is 1. The van der Waals surface area contributed by atoms with Crippen molar-refractivity contribution >= 4 is 44.8 Å². The van der Waals surface area contributed by atoms with E-state index in [-0.39, 0.29) is 24.2 Å². The summed E-state index contributed by atoms with van der Waals surface area (Å²) in [6.45, 7) is 3.45. The van der Waals surface area contributed by atoms with E-state index >= 15 is 0 Å². The van der Waals surface area contributed by atoms with Gasteiger partial charge >= 0.3 is 0 Å². The first-order chi connectivity index (χ1) is 9.63. The predicted octanol–water partition coefficient (Wildman–Crippen LogP) is 2.67. The van der Waals surface area contributed by atoms with Gasteiger partial charge in [-0.2, -0.15) is 0 Å². The molecular formula is C13H18Cl2N2O3S. The molecule has 0 saturated carbocycles. The van der Waals surface area contributed by atoms with Gasteiger partial charge in [-0.1, -0.05) is 30.1 Å². The van der Waals surface area contributed by atoms with Crippen molar-refractivity contribution in [3.8, 4) is 0 Å². The third-order valence-corrected chi connectivity index (χ3v) is 4.42. The van der Waals surface area contributed by atoms with Gasteiger partial charge in [0.05, 0.1) is 11.9 Å². The highest BCUT2D eigenvalue weighted by Crippen LogP contribution is 2.26. The molecule has 0 spiro atoms. The first-order valence-corrected chi connectivity index (χ1v) is 8.97. The van der Waals surface area contributed by atoms with E-state index < -0.39 is 10.0 Å². The summed E-state index contributed by atoms with van der Waals surface area (Å²) in [6, 6.07) is 4.37. The first kappa shape index (κ1) is 18.1. The standard InChI is InChI=1S/C13H18Cl2N2O3S/c1-4-9(2)16-13(18)8-17(21(3,19)20)12-6-10(14)5-11(15)7-12/h5-7,9H,4,8H2,1-3H3,(H,16,18)/t9-/m1/s1. The molecule has 0 saturated heterocycles. The van der Waals surface area contributed by atoms with E-state index in [0.717, 1.165) is 17.0 Å². The lowest BCUT2D eigenvalue weighted by Gasteiger charge is -2.23. The van der Waals surface area contributed by atoms with Crippen LogP contribution in [0.25, 0.3) is 0 Å². The van der Waals surface area contributed by atoms with Crippen molar-refractivity contribution in [1.82, 2.24) is 5.32 Å². The quantitative estimate of drug-likeness (QED) is 0.855. The monoisotopic (exact) mass is 352 g/mol. The van der Waals surface area contributed by atoms with Gasteiger partial charge in [0.15, 0.2) is 0 Å². The summed E-state index contributed by atoms with van der Waals surface area (Å²) in [7, 11) is -3.63. The molecule has 21 heavy (non-hydrogen) atoms. The molecule has 1 amide bonds. The average molecular weight is 353 g/mol. The van der Waals surface area contributed by atoms with Crippen molar-refractivity contribution in [2.24, 2.45) is 0 Å². The molecule has 0 aliphatic heterocycles. The van der Waals surface area contributed by atoms with Crippen LogP contribution in [0.1, 0.15) is 20.3 Å². The van der Waals surface area contributed by atoms with Gasteiger partial charge in [-0.15, -0.1) is 0 Å². The summed E-state index contributed by atoms with van der Waals surface area (Å²) in [6.07, 6.45) is 1.78. The molecule has 0 aliphatic rings. The number of carbonyl (C=O) groups excluding carboxylic acids is 1. The number of rotatable bonds is 6. The highest BCUT2D eigenvalue weighted by Gasteiger charge is 2.22. The molecule has 118 valence electrons. The number of sulfonamides is 1. The molecule has 1 aromatic rings. The van der Waals surface area contributed by atoms with Crippen molar-refractivity contribution in [1.29, 1.82) is 0 Å². The Hall–Kier alpha value is -0.980. The topological polar surface area (TPSA) is 66.5 Å². The fraction of sp³-hybridized carbons (Fsp3) is 0.462. The van der Waals surface area contributed by atoms with Crippen molar-refractivity contribution < 1.29 is 13.2 Å². The number of benzene rings is 1. The second-order valence-corrected chi connectivity index (χ2v) is 7.55. The Bertz CT molecular complexity index is 600. The lowest BCUT2D eigenvalue weighted by molar-refractivity contribution is -0.120. The van der Waals surface area contributed by atoms with Crippen LogP contribution in [0.3, 0.4) is 0 Å². The average Bonchev–Trinajstić information content (AvgIpc) is 2.33. The maximum absolute atomic E-state index is 11.9. The van der Waals surface area contributed by atoms with Crippen molar-refractivity contribution in [2.75, 3.05) is 17.1 Å². The minimum absolute atomic E-state index is 0.0261. The van der Waals surface area contributed by atoms with Crippen LogP contribution in [0.15, 0.2) is 18.2 Å². The number of nitrogens with one attached hydrogen (secondary N) is 1. The Morgan fingerprint density at radius 3 is 2.24 bits per heavy atom. The Morgan fingerprint density at radius 1 is 1.29 bits per heavy atom. The van der Waals surface area contributed by atoms with E-state index in [9.17, 15) is 13.2 Å². The van der Waals surface area contributed by atoms with Crippen LogP contribution in [0.4, 0.5) is 5.69 Å².